The van der Waals surface area contributed by atoms with Crippen molar-refractivity contribution in [3.05, 3.63) is 0 Å². The minimum atomic E-state index is -0.375. The molecule has 4 heteroatoms. The van der Waals surface area contributed by atoms with Gasteiger partial charge in [0.25, 0.3) is 0 Å². The highest BCUT2D eigenvalue weighted by atomic mass is 16.2. The zero-order valence-electron chi connectivity index (χ0n) is 12.5. The molecule has 1 saturated carbocycles. The van der Waals surface area contributed by atoms with E-state index in [1.54, 1.807) is 0 Å². The van der Waals surface area contributed by atoms with E-state index in [-0.39, 0.29) is 17.9 Å². The predicted molar refractivity (Wildman–Crippen MR) is 75.3 cm³/mol. The van der Waals surface area contributed by atoms with Gasteiger partial charge in [0.05, 0.1) is 6.04 Å². The third-order valence-corrected chi connectivity index (χ3v) is 4.21. The first-order valence-electron chi connectivity index (χ1n) is 7.05. The SMILES string of the molecule is CC(C)[C@H](N)C(=O)N(C)[C@@H]1CCCC[C@H]1N(C)C. The topological polar surface area (TPSA) is 49.6 Å². The molecular weight excluding hydrogens is 226 g/mol. The van der Waals surface area contributed by atoms with Gasteiger partial charge in [-0.05, 0) is 32.9 Å². The van der Waals surface area contributed by atoms with Crippen molar-refractivity contribution in [1.29, 1.82) is 0 Å². The summed E-state index contributed by atoms with van der Waals surface area (Å²) in [5.41, 5.74) is 5.98. The number of hydrogen-bond donors (Lipinski definition) is 1. The molecule has 1 aliphatic carbocycles. The molecule has 1 amide bonds. The fourth-order valence-corrected chi connectivity index (χ4v) is 2.83. The molecule has 2 N–H and O–H groups in total. The third-order valence-electron chi connectivity index (χ3n) is 4.21. The van der Waals surface area contributed by atoms with Crippen LogP contribution in [0, 0.1) is 5.92 Å². The molecule has 0 unspecified atom stereocenters. The van der Waals surface area contributed by atoms with Gasteiger partial charge in [-0.15, -0.1) is 0 Å². The zero-order valence-corrected chi connectivity index (χ0v) is 12.5. The van der Waals surface area contributed by atoms with Crippen LogP contribution in [-0.2, 0) is 4.79 Å². The van der Waals surface area contributed by atoms with E-state index < -0.39 is 0 Å². The Kier molecular flexibility index (Phi) is 5.60. The first-order valence-corrected chi connectivity index (χ1v) is 7.05. The summed E-state index contributed by atoms with van der Waals surface area (Å²) in [6.45, 7) is 4.00. The number of likely N-dealkylation sites (N-methyl/N-ethyl adjacent to an activating group) is 2. The molecule has 106 valence electrons. The molecule has 0 saturated heterocycles. The average Bonchev–Trinajstić information content (AvgIpc) is 2.35. The van der Waals surface area contributed by atoms with Gasteiger partial charge >= 0.3 is 0 Å². The molecule has 0 radical (unpaired) electrons. The van der Waals surface area contributed by atoms with E-state index in [9.17, 15) is 4.79 Å². The van der Waals surface area contributed by atoms with Gasteiger partial charge in [0.15, 0.2) is 0 Å². The molecule has 4 nitrogen and oxygen atoms in total. The van der Waals surface area contributed by atoms with Crippen LogP contribution in [0.15, 0.2) is 0 Å². The van der Waals surface area contributed by atoms with Gasteiger partial charge < -0.3 is 15.5 Å². The maximum atomic E-state index is 12.3. The number of hydrogen-bond acceptors (Lipinski definition) is 3. The monoisotopic (exact) mass is 255 g/mol. The van der Waals surface area contributed by atoms with E-state index in [0.29, 0.717) is 12.1 Å². The molecule has 0 spiro atoms. The van der Waals surface area contributed by atoms with Crippen molar-refractivity contribution in [3.63, 3.8) is 0 Å². The largest absolute Gasteiger partial charge is 0.340 e. The van der Waals surface area contributed by atoms with Gasteiger partial charge in [-0.3, -0.25) is 4.79 Å². The summed E-state index contributed by atoms with van der Waals surface area (Å²) in [7, 11) is 6.12. The van der Waals surface area contributed by atoms with Crippen LogP contribution < -0.4 is 5.73 Å². The second-order valence-electron chi connectivity index (χ2n) is 6.10. The smallest absolute Gasteiger partial charge is 0.239 e. The van der Waals surface area contributed by atoms with Gasteiger partial charge in [0, 0.05) is 19.1 Å². The minimum absolute atomic E-state index is 0.0868. The second-order valence-corrected chi connectivity index (χ2v) is 6.10. The summed E-state index contributed by atoms with van der Waals surface area (Å²) in [6.07, 6.45) is 4.74. The summed E-state index contributed by atoms with van der Waals surface area (Å²) in [4.78, 5) is 16.5. The lowest BCUT2D eigenvalue weighted by Crippen LogP contribution is -2.56. The van der Waals surface area contributed by atoms with Crippen LogP contribution in [0.1, 0.15) is 39.5 Å². The second kappa shape index (κ2) is 6.53. The number of carbonyl (C=O) groups excluding carboxylic acids is 1. The Bertz CT molecular complexity index is 278. The van der Waals surface area contributed by atoms with Crippen molar-refractivity contribution >= 4 is 5.91 Å². The first-order chi connectivity index (χ1) is 8.36. The van der Waals surface area contributed by atoms with E-state index in [4.69, 9.17) is 5.73 Å². The normalized spacial score (nSPS) is 26.4. The van der Waals surface area contributed by atoms with Gasteiger partial charge in [-0.1, -0.05) is 26.7 Å². The van der Waals surface area contributed by atoms with Gasteiger partial charge in [-0.2, -0.15) is 0 Å². The minimum Gasteiger partial charge on any atom is -0.340 e. The molecule has 1 aliphatic rings. The molecule has 1 fully saturated rings. The first kappa shape index (κ1) is 15.4. The molecule has 0 bridgehead atoms. The van der Waals surface area contributed by atoms with Crippen molar-refractivity contribution in [3.8, 4) is 0 Å². The Morgan fingerprint density at radius 2 is 1.61 bits per heavy atom. The number of amides is 1. The summed E-state index contributed by atoms with van der Waals surface area (Å²) in [5.74, 6) is 0.282. The lowest BCUT2D eigenvalue weighted by Gasteiger charge is -2.42. The van der Waals surface area contributed by atoms with Gasteiger partial charge in [0.2, 0.25) is 5.91 Å². The fraction of sp³-hybridized carbons (Fsp3) is 0.929. The van der Waals surface area contributed by atoms with E-state index in [0.717, 1.165) is 6.42 Å². The Morgan fingerprint density at radius 1 is 1.11 bits per heavy atom. The van der Waals surface area contributed by atoms with Crippen molar-refractivity contribution in [1.82, 2.24) is 9.80 Å². The highest BCUT2D eigenvalue weighted by molar-refractivity contribution is 5.82. The highest BCUT2D eigenvalue weighted by Crippen LogP contribution is 2.26. The maximum Gasteiger partial charge on any atom is 0.239 e. The number of rotatable bonds is 4. The van der Waals surface area contributed by atoms with E-state index in [1.807, 2.05) is 25.8 Å². The number of nitrogens with two attached hydrogens (primary N) is 1. The lowest BCUT2D eigenvalue weighted by atomic mass is 9.88. The Morgan fingerprint density at radius 3 is 2.06 bits per heavy atom. The molecule has 18 heavy (non-hydrogen) atoms. The molecule has 0 aromatic heterocycles. The van der Waals surface area contributed by atoms with Crippen LogP contribution in [-0.4, -0.2) is 55.0 Å². The predicted octanol–water partition coefficient (Wildman–Crippen LogP) is 1.30. The highest BCUT2D eigenvalue weighted by Gasteiger charge is 2.34. The molecule has 3 atom stereocenters. The van der Waals surface area contributed by atoms with Crippen LogP contribution in [0.3, 0.4) is 0 Å². The van der Waals surface area contributed by atoms with Crippen molar-refractivity contribution in [2.24, 2.45) is 11.7 Å². The van der Waals surface area contributed by atoms with Crippen molar-refractivity contribution < 1.29 is 4.79 Å². The van der Waals surface area contributed by atoms with Crippen LogP contribution >= 0.6 is 0 Å². The molecule has 1 rings (SSSR count). The van der Waals surface area contributed by atoms with Gasteiger partial charge in [0.1, 0.15) is 0 Å². The Hall–Kier alpha value is -0.610. The summed E-state index contributed by atoms with van der Waals surface area (Å²) in [6, 6.07) is 0.401. The molecule has 0 aromatic rings. The molecule has 0 aromatic carbocycles. The third kappa shape index (κ3) is 3.45. The zero-order chi connectivity index (χ0) is 13.9. The van der Waals surface area contributed by atoms with E-state index in [1.165, 1.54) is 19.3 Å². The molecule has 0 heterocycles. The standard InChI is InChI=1S/C14H29N3O/c1-10(2)13(15)14(18)17(5)12-9-7-6-8-11(12)16(3)4/h10-13H,6-9,15H2,1-5H3/t11-,12-,13+/m1/s1. The number of carbonyl (C=O) groups is 1. The Labute approximate surface area is 111 Å². The van der Waals surface area contributed by atoms with Gasteiger partial charge in [-0.25, -0.2) is 0 Å². The van der Waals surface area contributed by atoms with E-state index >= 15 is 0 Å². The lowest BCUT2D eigenvalue weighted by molar-refractivity contribution is -0.136. The maximum absolute atomic E-state index is 12.3. The van der Waals surface area contributed by atoms with Crippen LogP contribution in [0.5, 0.6) is 0 Å². The van der Waals surface area contributed by atoms with Crippen LogP contribution in [0.2, 0.25) is 0 Å². The summed E-state index contributed by atoms with van der Waals surface area (Å²) >= 11 is 0. The average molecular weight is 255 g/mol. The molecule has 0 aliphatic heterocycles. The van der Waals surface area contributed by atoms with Crippen LogP contribution in [0.25, 0.3) is 0 Å². The van der Waals surface area contributed by atoms with E-state index in [2.05, 4.69) is 19.0 Å². The number of nitrogens with zero attached hydrogens (tertiary/aromatic N) is 2. The van der Waals surface area contributed by atoms with Crippen LogP contribution in [0.4, 0.5) is 0 Å². The van der Waals surface area contributed by atoms with Crippen molar-refractivity contribution in [2.45, 2.75) is 57.7 Å². The Balaban J connectivity index is 2.74. The summed E-state index contributed by atoms with van der Waals surface area (Å²) in [5, 5.41) is 0. The molecular formula is C14H29N3O. The quantitative estimate of drug-likeness (QED) is 0.824. The summed E-state index contributed by atoms with van der Waals surface area (Å²) < 4.78 is 0. The van der Waals surface area contributed by atoms with Crippen molar-refractivity contribution in [2.75, 3.05) is 21.1 Å². The fourth-order valence-electron chi connectivity index (χ4n) is 2.83.